The number of nitrogens with zero attached hydrogens (tertiary/aromatic N) is 1. The number of carboxylic acid groups (broad SMARTS) is 1. The number of benzene rings is 4. The van der Waals surface area contributed by atoms with Crippen molar-refractivity contribution in [2.45, 2.75) is 19.4 Å². The third-order valence-corrected chi connectivity index (χ3v) is 6.04. The Kier molecular flexibility index (Phi) is 5.81. The third kappa shape index (κ3) is 4.20. The minimum absolute atomic E-state index is 0.366. The molecule has 0 bridgehead atoms. The third-order valence-electron chi connectivity index (χ3n) is 6.04. The van der Waals surface area contributed by atoms with Gasteiger partial charge >= 0.3 is 5.97 Å². The molecule has 33 heavy (non-hydrogen) atoms. The highest BCUT2D eigenvalue weighted by atomic mass is 16.5. The Bertz CT molecular complexity index is 1410. The number of hydrogen-bond donors (Lipinski definition) is 1. The van der Waals surface area contributed by atoms with E-state index in [2.05, 4.69) is 18.2 Å². The van der Waals surface area contributed by atoms with Crippen LogP contribution in [-0.2, 0) is 13.0 Å². The van der Waals surface area contributed by atoms with Gasteiger partial charge in [0.2, 0.25) is 0 Å². The second-order valence-corrected chi connectivity index (χ2v) is 8.15. The molecule has 0 fully saturated rings. The molecule has 4 aromatic carbocycles. The van der Waals surface area contributed by atoms with Crippen molar-refractivity contribution in [3.8, 4) is 5.75 Å². The number of hydrogen-bond acceptors (Lipinski definition) is 2. The van der Waals surface area contributed by atoms with Gasteiger partial charge in [0.15, 0.2) is 0 Å². The summed E-state index contributed by atoms with van der Waals surface area (Å²) in [5.74, 6) is -0.0369. The highest BCUT2D eigenvalue weighted by molar-refractivity contribution is 5.98. The summed E-state index contributed by atoms with van der Waals surface area (Å²) < 4.78 is 8.03. The van der Waals surface area contributed by atoms with E-state index in [9.17, 15) is 9.90 Å². The summed E-state index contributed by atoms with van der Waals surface area (Å²) in [6.07, 6.45) is 1.36. The lowest BCUT2D eigenvalue weighted by molar-refractivity contribution is 0.0685. The molecule has 0 atom stereocenters. The van der Waals surface area contributed by atoms with Crippen molar-refractivity contribution in [3.63, 3.8) is 0 Å². The number of ether oxygens (including phenoxy) is 1. The van der Waals surface area contributed by atoms with E-state index < -0.39 is 5.97 Å². The predicted octanol–water partition coefficient (Wildman–Crippen LogP) is 6.55. The van der Waals surface area contributed by atoms with E-state index in [1.807, 2.05) is 83.4 Å². The molecule has 0 aliphatic rings. The van der Waals surface area contributed by atoms with E-state index in [4.69, 9.17) is 4.74 Å². The van der Waals surface area contributed by atoms with Gasteiger partial charge in [0.25, 0.3) is 0 Å². The maximum Gasteiger partial charge on any atom is 0.352 e. The normalized spacial score (nSPS) is 11.2. The van der Waals surface area contributed by atoms with Crippen LogP contribution in [0, 0.1) is 0 Å². The zero-order valence-corrected chi connectivity index (χ0v) is 18.3. The molecule has 1 N–H and O–H groups in total. The van der Waals surface area contributed by atoms with Crippen LogP contribution in [0.2, 0.25) is 0 Å². The molecule has 5 aromatic rings. The summed E-state index contributed by atoms with van der Waals surface area (Å²) in [5.41, 5.74) is 3.26. The van der Waals surface area contributed by atoms with Gasteiger partial charge in [0.05, 0.1) is 6.61 Å². The molecule has 0 unspecified atom stereocenters. The first kappa shape index (κ1) is 20.8. The van der Waals surface area contributed by atoms with E-state index in [-0.39, 0.29) is 0 Å². The van der Waals surface area contributed by atoms with Crippen molar-refractivity contribution >= 4 is 27.6 Å². The number of aromatic nitrogens is 1. The van der Waals surface area contributed by atoms with E-state index in [0.29, 0.717) is 25.3 Å². The maximum absolute atomic E-state index is 12.4. The minimum Gasteiger partial charge on any atom is -0.493 e. The van der Waals surface area contributed by atoms with Gasteiger partial charge in [-0.1, -0.05) is 84.9 Å². The maximum atomic E-state index is 12.4. The molecule has 0 aliphatic heterocycles. The van der Waals surface area contributed by atoms with Crippen molar-refractivity contribution in [2.24, 2.45) is 0 Å². The predicted molar refractivity (Wildman–Crippen MR) is 132 cm³/mol. The Morgan fingerprint density at radius 1 is 0.788 bits per heavy atom. The fourth-order valence-corrected chi connectivity index (χ4v) is 4.56. The Labute approximate surface area is 192 Å². The summed E-state index contributed by atoms with van der Waals surface area (Å²) >= 11 is 0. The van der Waals surface area contributed by atoms with Crippen molar-refractivity contribution < 1.29 is 14.6 Å². The Morgan fingerprint density at radius 3 is 2.30 bits per heavy atom. The first-order valence-corrected chi connectivity index (χ1v) is 11.2. The quantitative estimate of drug-likeness (QED) is 0.281. The van der Waals surface area contributed by atoms with E-state index in [1.165, 1.54) is 0 Å². The minimum atomic E-state index is -0.896. The van der Waals surface area contributed by atoms with Crippen LogP contribution < -0.4 is 4.74 Å². The smallest absolute Gasteiger partial charge is 0.352 e. The van der Waals surface area contributed by atoms with Crippen LogP contribution in [0.15, 0.2) is 97.1 Å². The molecule has 1 heterocycles. The molecule has 0 aliphatic carbocycles. The fourth-order valence-electron chi connectivity index (χ4n) is 4.56. The molecule has 0 saturated carbocycles. The number of aromatic carboxylic acids is 1. The first-order chi connectivity index (χ1) is 16.2. The van der Waals surface area contributed by atoms with Crippen molar-refractivity contribution in [3.05, 3.63) is 114 Å². The van der Waals surface area contributed by atoms with Crippen molar-refractivity contribution in [1.29, 1.82) is 0 Å². The fraction of sp³-hybridized carbons (Fsp3) is 0.138. The largest absolute Gasteiger partial charge is 0.493 e. The zero-order valence-electron chi connectivity index (χ0n) is 18.3. The van der Waals surface area contributed by atoms with Gasteiger partial charge in [-0.25, -0.2) is 4.79 Å². The lowest BCUT2D eigenvalue weighted by atomic mass is 10.1. The second-order valence-electron chi connectivity index (χ2n) is 8.15. The molecular formula is C29H25NO3. The summed E-state index contributed by atoms with van der Waals surface area (Å²) in [7, 11) is 0. The number of para-hydroxylation sites is 1. The van der Waals surface area contributed by atoms with Crippen LogP contribution in [-0.4, -0.2) is 22.2 Å². The van der Waals surface area contributed by atoms with Gasteiger partial charge in [-0.3, -0.25) is 0 Å². The molecule has 4 nitrogen and oxygen atoms in total. The lowest BCUT2D eigenvalue weighted by Gasteiger charge is -2.11. The highest BCUT2D eigenvalue weighted by Crippen LogP contribution is 2.29. The number of fused-ring (bicyclic) bond motifs is 2. The molecule has 5 rings (SSSR count). The number of carbonyl (C=O) groups is 1. The van der Waals surface area contributed by atoms with Crippen LogP contribution in [0.4, 0.5) is 0 Å². The van der Waals surface area contributed by atoms with E-state index in [0.717, 1.165) is 45.0 Å². The Hall–Kier alpha value is -4.05. The SMILES string of the molecule is O=C(O)c1c(CCCOc2cccc3ccccc23)c2ccccc2n1Cc1ccccc1. The van der Waals surface area contributed by atoms with Gasteiger partial charge in [-0.05, 0) is 41.5 Å². The summed E-state index contributed by atoms with van der Waals surface area (Å²) in [4.78, 5) is 12.4. The summed E-state index contributed by atoms with van der Waals surface area (Å²) in [5, 5.41) is 13.4. The van der Waals surface area contributed by atoms with Gasteiger partial charge < -0.3 is 14.4 Å². The van der Waals surface area contributed by atoms with Crippen LogP contribution >= 0.6 is 0 Å². The summed E-state index contributed by atoms with van der Waals surface area (Å²) in [6.45, 7) is 1.04. The van der Waals surface area contributed by atoms with Gasteiger partial charge in [0.1, 0.15) is 11.4 Å². The molecule has 0 amide bonds. The number of carboxylic acids is 1. The average Bonchev–Trinajstić information content (AvgIpc) is 3.16. The Morgan fingerprint density at radius 2 is 1.48 bits per heavy atom. The van der Waals surface area contributed by atoms with Gasteiger partial charge in [0, 0.05) is 22.8 Å². The van der Waals surface area contributed by atoms with E-state index >= 15 is 0 Å². The standard InChI is InChI=1S/C29H25NO3/c31-29(32)28-25(16-9-19-33-27-18-8-13-22-12-4-5-14-23(22)27)24-15-6-7-17-26(24)30(28)20-21-10-2-1-3-11-21/h1-8,10-15,17-18H,9,16,19-20H2,(H,31,32). The molecule has 1 aromatic heterocycles. The zero-order chi connectivity index (χ0) is 22.6. The second kappa shape index (κ2) is 9.21. The molecule has 0 spiro atoms. The van der Waals surface area contributed by atoms with Gasteiger partial charge in [-0.15, -0.1) is 0 Å². The average molecular weight is 436 g/mol. The summed E-state index contributed by atoms with van der Waals surface area (Å²) in [6, 6.07) is 32.1. The molecule has 4 heteroatoms. The van der Waals surface area contributed by atoms with Crippen molar-refractivity contribution in [1.82, 2.24) is 4.57 Å². The topological polar surface area (TPSA) is 51.5 Å². The van der Waals surface area contributed by atoms with E-state index in [1.54, 1.807) is 0 Å². The van der Waals surface area contributed by atoms with Crippen LogP contribution in [0.1, 0.15) is 28.0 Å². The van der Waals surface area contributed by atoms with Gasteiger partial charge in [-0.2, -0.15) is 0 Å². The first-order valence-electron chi connectivity index (χ1n) is 11.2. The molecule has 0 radical (unpaired) electrons. The highest BCUT2D eigenvalue weighted by Gasteiger charge is 2.22. The van der Waals surface area contributed by atoms with Crippen molar-refractivity contribution in [2.75, 3.05) is 6.61 Å². The molecule has 0 saturated heterocycles. The lowest BCUT2D eigenvalue weighted by Crippen LogP contribution is -2.12. The van der Waals surface area contributed by atoms with Crippen LogP contribution in [0.3, 0.4) is 0 Å². The van der Waals surface area contributed by atoms with Crippen LogP contribution in [0.5, 0.6) is 5.75 Å². The molecular weight excluding hydrogens is 410 g/mol. The number of aryl methyl sites for hydroxylation is 1. The monoisotopic (exact) mass is 435 g/mol. The number of rotatable bonds is 8. The van der Waals surface area contributed by atoms with Crippen LogP contribution in [0.25, 0.3) is 21.7 Å². The molecule has 164 valence electrons. The Balaban J connectivity index is 1.41.